The molecule has 20 heavy (non-hydrogen) atoms. The second-order valence-corrected chi connectivity index (χ2v) is 5.23. The van der Waals surface area contributed by atoms with Gasteiger partial charge in [0.05, 0.1) is 31.0 Å². The summed E-state index contributed by atoms with van der Waals surface area (Å²) in [7, 11) is 1.61. The van der Waals surface area contributed by atoms with Crippen molar-refractivity contribution in [2.45, 2.75) is 44.4 Å². The van der Waals surface area contributed by atoms with Crippen molar-refractivity contribution >= 4 is 5.69 Å². The number of nitrogens with one attached hydrogen (secondary N) is 1. The second-order valence-electron chi connectivity index (χ2n) is 5.23. The number of aromatic nitrogens is 2. The van der Waals surface area contributed by atoms with E-state index in [4.69, 9.17) is 4.74 Å². The first-order chi connectivity index (χ1) is 9.49. The highest BCUT2D eigenvalue weighted by molar-refractivity contribution is 5.39. The Labute approximate surface area is 116 Å². The molecule has 1 N–H and O–H groups in total. The SMILES string of the molecule is COCCn1cc(NC2CCCC(C(F)(F)F)C2)cn1. The molecule has 0 saturated heterocycles. The van der Waals surface area contributed by atoms with Crippen LogP contribution in [-0.2, 0) is 11.3 Å². The molecule has 1 aromatic rings. The van der Waals surface area contributed by atoms with Crippen LogP contribution in [-0.4, -0.2) is 35.7 Å². The number of anilines is 1. The van der Waals surface area contributed by atoms with Gasteiger partial charge in [0, 0.05) is 19.3 Å². The van der Waals surface area contributed by atoms with Gasteiger partial charge in [-0.05, 0) is 19.3 Å². The minimum Gasteiger partial charge on any atom is -0.383 e. The van der Waals surface area contributed by atoms with Crippen molar-refractivity contribution in [3.05, 3.63) is 12.4 Å². The van der Waals surface area contributed by atoms with E-state index in [1.165, 1.54) is 0 Å². The standard InChI is InChI=1S/C13H20F3N3O/c1-20-6-5-19-9-12(8-17-19)18-11-4-2-3-10(7-11)13(14,15)16/h8-11,18H,2-7H2,1H3. The lowest BCUT2D eigenvalue weighted by Gasteiger charge is -2.31. The number of hydrogen-bond acceptors (Lipinski definition) is 3. The first-order valence-electron chi connectivity index (χ1n) is 6.83. The predicted molar refractivity (Wildman–Crippen MR) is 69.5 cm³/mol. The van der Waals surface area contributed by atoms with E-state index >= 15 is 0 Å². The van der Waals surface area contributed by atoms with Gasteiger partial charge in [-0.2, -0.15) is 18.3 Å². The van der Waals surface area contributed by atoms with Gasteiger partial charge in [-0.3, -0.25) is 4.68 Å². The molecule has 1 fully saturated rings. The van der Waals surface area contributed by atoms with Crippen LogP contribution < -0.4 is 5.32 Å². The van der Waals surface area contributed by atoms with E-state index < -0.39 is 12.1 Å². The van der Waals surface area contributed by atoms with Crippen molar-refractivity contribution < 1.29 is 17.9 Å². The summed E-state index contributed by atoms with van der Waals surface area (Å²) in [5, 5.41) is 7.29. The van der Waals surface area contributed by atoms with E-state index in [2.05, 4.69) is 10.4 Å². The molecule has 7 heteroatoms. The van der Waals surface area contributed by atoms with Crippen LogP contribution in [0, 0.1) is 5.92 Å². The van der Waals surface area contributed by atoms with Gasteiger partial charge in [0.2, 0.25) is 0 Å². The van der Waals surface area contributed by atoms with Crippen LogP contribution in [0.1, 0.15) is 25.7 Å². The zero-order chi connectivity index (χ0) is 14.6. The molecule has 0 aliphatic heterocycles. The van der Waals surface area contributed by atoms with Gasteiger partial charge in [-0.15, -0.1) is 0 Å². The second kappa shape index (κ2) is 6.47. The van der Waals surface area contributed by atoms with E-state index in [1.54, 1.807) is 24.2 Å². The van der Waals surface area contributed by atoms with Crippen LogP contribution in [0.4, 0.5) is 18.9 Å². The third-order valence-corrected chi connectivity index (χ3v) is 3.67. The summed E-state index contributed by atoms with van der Waals surface area (Å²) < 4.78 is 44.9. The first-order valence-corrected chi connectivity index (χ1v) is 6.83. The molecular weight excluding hydrogens is 271 g/mol. The number of alkyl halides is 3. The number of ether oxygens (including phenoxy) is 1. The van der Waals surface area contributed by atoms with Crippen LogP contribution in [0.5, 0.6) is 0 Å². The maximum atomic E-state index is 12.7. The first kappa shape index (κ1) is 15.2. The van der Waals surface area contributed by atoms with Crippen molar-refractivity contribution in [2.24, 2.45) is 5.92 Å². The number of hydrogen-bond donors (Lipinski definition) is 1. The lowest BCUT2D eigenvalue weighted by atomic mass is 9.85. The molecule has 4 nitrogen and oxygen atoms in total. The monoisotopic (exact) mass is 291 g/mol. The predicted octanol–water partition coefficient (Wildman–Crippen LogP) is 3.06. The molecule has 1 saturated carbocycles. The van der Waals surface area contributed by atoms with Crippen molar-refractivity contribution in [3.8, 4) is 0 Å². The van der Waals surface area contributed by atoms with Crippen LogP contribution in [0.25, 0.3) is 0 Å². The van der Waals surface area contributed by atoms with Crippen molar-refractivity contribution in [2.75, 3.05) is 19.0 Å². The molecule has 0 radical (unpaired) electrons. The van der Waals surface area contributed by atoms with Gasteiger partial charge in [0.25, 0.3) is 0 Å². The summed E-state index contributed by atoms with van der Waals surface area (Å²) in [6.07, 6.45) is 1.14. The van der Waals surface area contributed by atoms with Crippen molar-refractivity contribution in [3.63, 3.8) is 0 Å². The van der Waals surface area contributed by atoms with Crippen molar-refractivity contribution in [1.82, 2.24) is 9.78 Å². The molecule has 1 heterocycles. The molecule has 2 rings (SSSR count). The van der Waals surface area contributed by atoms with Crippen LogP contribution in [0.15, 0.2) is 12.4 Å². The molecule has 0 aromatic carbocycles. The Hall–Kier alpha value is -1.24. The van der Waals surface area contributed by atoms with Gasteiger partial charge >= 0.3 is 6.18 Å². The minimum atomic E-state index is -4.08. The Balaban J connectivity index is 1.87. The van der Waals surface area contributed by atoms with E-state index in [0.717, 1.165) is 12.1 Å². The summed E-state index contributed by atoms with van der Waals surface area (Å²) in [5.74, 6) is -1.18. The van der Waals surface area contributed by atoms with E-state index in [1.807, 2.05) is 0 Å². The Morgan fingerprint density at radius 3 is 2.95 bits per heavy atom. The van der Waals surface area contributed by atoms with Gasteiger partial charge in [-0.1, -0.05) is 6.42 Å². The minimum absolute atomic E-state index is 0.129. The highest BCUT2D eigenvalue weighted by atomic mass is 19.4. The fourth-order valence-electron chi connectivity index (χ4n) is 2.60. The Kier molecular flexibility index (Phi) is 4.91. The molecule has 2 unspecified atom stereocenters. The molecule has 2 atom stereocenters. The van der Waals surface area contributed by atoms with Gasteiger partial charge < -0.3 is 10.1 Å². The summed E-state index contributed by atoms with van der Waals surface area (Å²) in [5.41, 5.74) is 0.772. The fraction of sp³-hybridized carbons (Fsp3) is 0.769. The quantitative estimate of drug-likeness (QED) is 0.906. The van der Waals surface area contributed by atoms with Gasteiger partial charge in [-0.25, -0.2) is 0 Å². The van der Waals surface area contributed by atoms with Crippen LogP contribution >= 0.6 is 0 Å². The number of rotatable bonds is 5. The normalized spacial score (nSPS) is 23.8. The van der Waals surface area contributed by atoms with Crippen LogP contribution in [0.2, 0.25) is 0 Å². The molecule has 1 aliphatic rings. The third-order valence-electron chi connectivity index (χ3n) is 3.67. The summed E-state index contributed by atoms with van der Waals surface area (Å²) >= 11 is 0. The van der Waals surface area contributed by atoms with Gasteiger partial charge in [0.1, 0.15) is 0 Å². The zero-order valence-electron chi connectivity index (χ0n) is 11.5. The number of halogens is 3. The summed E-state index contributed by atoms with van der Waals surface area (Å²) in [6.45, 7) is 1.19. The Morgan fingerprint density at radius 2 is 2.25 bits per heavy atom. The average molecular weight is 291 g/mol. The average Bonchev–Trinajstić information content (AvgIpc) is 2.83. The highest BCUT2D eigenvalue weighted by Crippen LogP contribution is 2.38. The van der Waals surface area contributed by atoms with E-state index in [9.17, 15) is 13.2 Å². The maximum absolute atomic E-state index is 12.7. The highest BCUT2D eigenvalue weighted by Gasteiger charge is 2.42. The smallest absolute Gasteiger partial charge is 0.383 e. The number of methoxy groups -OCH3 is 1. The molecule has 1 aliphatic carbocycles. The third kappa shape index (κ3) is 4.13. The molecular formula is C13H20F3N3O. The molecule has 0 spiro atoms. The summed E-state index contributed by atoms with van der Waals surface area (Å²) in [6, 6.07) is -0.129. The van der Waals surface area contributed by atoms with E-state index in [-0.39, 0.29) is 18.9 Å². The van der Waals surface area contributed by atoms with E-state index in [0.29, 0.717) is 19.6 Å². The van der Waals surface area contributed by atoms with Crippen LogP contribution in [0.3, 0.4) is 0 Å². The topological polar surface area (TPSA) is 39.1 Å². The fourth-order valence-corrected chi connectivity index (χ4v) is 2.60. The Morgan fingerprint density at radius 1 is 1.45 bits per heavy atom. The lowest BCUT2D eigenvalue weighted by molar-refractivity contribution is -0.182. The maximum Gasteiger partial charge on any atom is 0.391 e. The molecule has 114 valence electrons. The largest absolute Gasteiger partial charge is 0.391 e. The molecule has 0 amide bonds. The van der Waals surface area contributed by atoms with Crippen molar-refractivity contribution in [1.29, 1.82) is 0 Å². The number of nitrogens with zero attached hydrogens (tertiary/aromatic N) is 2. The molecule has 0 bridgehead atoms. The van der Waals surface area contributed by atoms with Gasteiger partial charge in [0.15, 0.2) is 0 Å². The summed E-state index contributed by atoms with van der Waals surface area (Å²) in [4.78, 5) is 0. The Bertz CT molecular complexity index is 419. The lowest BCUT2D eigenvalue weighted by Crippen LogP contribution is -2.34. The molecule has 1 aromatic heterocycles. The zero-order valence-corrected chi connectivity index (χ0v) is 11.5.